The molecule has 0 bridgehead atoms. The highest BCUT2D eigenvalue weighted by atomic mass is 32.1. The third-order valence-electron chi connectivity index (χ3n) is 3.89. The molecule has 3 rings (SSSR count). The Hall–Kier alpha value is -1.02. The molecule has 0 radical (unpaired) electrons. The van der Waals surface area contributed by atoms with Crippen LogP contribution in [0.25, 0.3) is 0 Å². The number of hydrogen-bond acceptors (Lipinski definition) is 6. The Balaban J connectivity index is 1.59. The van der Waals surface area contributed by atoms with Gasteiger partial charge >= 0.3 is 0 Å². The number of carbonyl (C=O) groups is 1. The van der Waals surface area contributed by atoms with Gasteiger partial charge in [-0.05, 0) is 6.42 Å². The van der Waals surface area contributed by atoms with Crippen molar-refractivity contribution in [2.24, 2.45) is 0 Å². The van der Waals surface area contributed by atoms with Crippen molar-refractivity contribution < 1.29 is 14.6 Å². The van der Waals surface area contributed by atoms with Crippen LogP contribution in [0.3, 0.4) is 0 Å². The number of nitrogens with zero attached hydrogens (tertiary/aromatic N) is 3. The lowest BCUT2D eigenvalue weighted by Gasteiger charge is -2.33. The van der Waals surface area contributed by atoms with Crippen molar-refractivity contribution in [3.05, 3.63) is 16.6 Å². The molecule has 0 spiro atoms. The Kier molecular flexibility index (Phi) is 4.02. The zero-order chi connectivity index (χ0) is 14.0. The van der Waals surface area contributed by atoms with Gasteiger partial charge in [-0.25, -0.2) is 4.98 Å². The highest BCUT2D eigenvalue weighted by molar-refractivity contribution is 7.07. The third-order valence-corrected chi connectivity index (χ3v) is 4.48. The zero-order valence-corrected chi connectivity index (χ0v) is 12.1. The summed E-state index contributed by atoms with van der Waals surface area (Å²) in [6.07, 6.45) is 0.625. The summed E-state index contributed by atoms with van der Waals surface area (Å²) in [7, 11) is 0. The minimum atomic E-state index is -0.803. The van der Waals surface area contributed by atoms with E-state index in [2.05, 4.69) is 9.88 Å². The summed E-state index contributed by atoms with van der Waals surface area (Å²) in [4.78, 5) is 20.2. The summed E-state index contributed by atoms with van der Waals surface area (Å²) in [5.74, 6) is -0.0795. The quantitative estimate of drug-likeness (QED) is 0.854. The van der Waals surface area contributed by atoms with Gasteiger partial charge in [-0.2, -0.15) is 0 Å². The molecule has 0 saturated carbocycles. The molecule has 0 aliphatic carbocycles. The van der Waals surface area contributed by atoms with Crippen LogP contribution in [0.15, 0.2) is 10.9 Å². The Bertz CT molecular complexity index is 461. The summed E-state index contributed by atoms with van der Waals surface area (Å²) in [5.41, 5.74) is 1.33. The number of rotatable bonds is 3. The molecule has 0 unspecified atom stereocenters. The molecule has 0 aromatic carbocycles. The van der Waals surface area contributed by atoms with Crippen LogP contribution in [0.1, 0.15) is 16.9 Å². The number of likely N-dealkylation sites (tertiary alicyclic amines) is 1. The van der Waals surface area contributed by atoms with E-state index < -0.39 is 5.60 Å². The molecule has 7 heteroatoms. The average Bonchev–Trinajstić information content (AvgIpc) is 3.09. The fourth-order valence-corrected chi connectivity index (χ4v) is 3.34. The van der Waals surface area contributed by atoms with Gasteiger partial charge in [-0.1, -0.05) is 0 Å². The largest absolute Gasteiger partial charge is 0.387 e. The lowest BCUT2D eigenvalue weighted by atomic mass is 10.0. The van der Waals surface area contributed by atoms with E-state index in [1.54, 1.807) is 15.8 Å². The molecule has 2 saturated heterocycles. The second kappa shape index (κ2) is 5.77. The molecule has 1 amide bonds. The van der Waals surface area contributed by atoms with E-state index in [4.69, 9.17) is 4.74 Å². The van der Waals surface area contributed by atoms with Gasteiger partial charge < -0.3 is 14.7 Å². The van der Waals surface area contributed by atoms with Crippen molar-refractivity contribution in [2.45, 2.75) is 12.0 Å². The normalized spacial score (nSPS) is 27.9. The Labute approximate surface area is 122 Å². The molecule has 2 aliphatic rings. The van der Waals surface area contributed by atoms with Gasteiger partial charge in [0.1, 0.15) is 5.69 Å². The van der Waals surface area contributed by atoms with Crippen molar-refractivity contribution >= 4 is 17.2 Å². The monoisotopic (exact) mass is 297 g/mol. The predicted octanol–water partition coefficient (Wildman–Crippen LogP) is 0.0523. The topological polar surface area (TPSA) is 65.9 Å². The van der Waals surface area contributed by atoms with Crippen molar-refractivity contribution in [1.82, 2.24) is 14.8 Å². The van der Waals surface area contributed by atoms with Gasteiger partial charge in [0.15, 0.2) is 0 Å². The summed E-state index contributed by atoms with van der Waals surface area (Å²) < 4.78 is 5.31. The van der Waals surface area contributed by atoms with Gasteiger partial charge in [-0.15, -0.1) is 11.3 Å². The number of β-amino-alcohol motifs (C(OH)–C–C–N with tert-alkyl or cyclic N) is 1. The standard InChI is InChI=1S/C13H19N3O3S/c17-12(11-7-20-10-14-11)16-2-1-13(18,9-16)8-15-3-5-19-6-4-15/h7,10,18H,1-6,8-9H2/t13-/m0/s1. The van der Waals surface area contributed by atoms with Crippen LogP contribution >= 0.6 is 11.3 Å². The lowest BCUT2D eigenvalue weighted by Crippen LogP contribution is -2.49. The number of aromatic nitrogens is 1. The molecule has 20 heavy (non-hydrogen) atoms. The van der Waals surface area contributed by atoms with Crippen LogP contribution < -0.4 is 0 Å². The molecule has 2 fully saturated rings. The highest BCUT2D eigenvalue weighted by Crippen LogP contribution is 2.24. The van der Waals surface area contributed by atoms with E-state index in [-0.39, 0.29) is 5.91 Å². The number of thiazole rings is 1. The highest BCUT2D eigenvalue weighted by Gasteiger charge is 2.40. The predicted molar refractivity (Wildman–Crippen MR) is 74.8 cm³/mol. The van der Waals surface area contributed by atoms with Crippen LogP contribution in [-0.2, 0) is 4.74 Å². The molecule has 6 nitrogen and oxygen atoms in total. The van der Waals surface area contributed by atoms with Crippen molar-refractivity contribution in [3.63, 3.8) is 0 Å². The zero-order valence-electron chi connectivity index (χ0n) is 11.3. The Morgan fingerprint density at radius 2 is 2.25 bits per heavy atom. The van der Waals surface area contributed by atoms with Gasteiger partial charge in [0.25, 0.3) is 5.91 Å². The second-order valence-electron chi connectivity index (χ2n) is 5.46. The molecule has 1 N–H and O–H groups in total. The second-order valence-corrected chi connectivity index (χ2v) is 6.18. The maximum absolute atomic E-state index is 12.2. The minimum Gasteiger partial charge on any atom is -0.387 e. The number of morpholine rings is 1. The van der Waals surface area contributed by atoms with Gasteiger partial charge in [0.2, 0.25) is 0 Å². The SMILES string of the molecule is O=C(c1cscn1)N1CC[C@](O)(CN2CCOCC2)C1. The van der Waals surface area contributed by atoms with Crippen LogP contribution in [0.5, 0.6) is 0 Å². The van der Waals surface area contributed by atoms with E-state index in [1.165, 1.54) is 11.3 Å². The number of amides is 1. The summed E-state index contributed by atoms with van der Waals surface area (Å²) in [6.45, 7) is 4.73. The first-order valence-corrected chi connectivity index (χ1v) is 7.81. The summed E-state index contributed by atoms with van der Waals surface area (Å²) >= 11 is 1.41. The molecule has 1 aromatic rings. The van der Waals surface area contributed by atoms with E-state index >= 15 is 0 Å². The van der Waals surface area contributed by atoms with Gasteiger partial charge in [0.05, 0.1) is 30.9 Å². The number of carbonyl (C=O) groups excluding carboxylic acids is 1. The fraction of sp³-hybridized carbons (Fsp3) is 0.692. The van der Waals surface area contributed by atoms with Crippen molar-refractivity contribution in [2.75, 3.05) is 45.9 Å². The first kappa shape index (κ1) is 13.9. The number of aliphatic hydroxyl groups is 1. The molecule has 2 aliphatic heterocycles. The summed E-state index contributed by atoms with van der Waals surface area (Å²) in [5, 5.41) is 12.4. The van der Waals surface area contributed by atoms with Crippen molar-refractivity contribution in [1.29, 1.82) is 0 Å². The number of hydrogen-bond donors (Lipinski definition) is 1. The molecule has 1 atom stereocenters. The van der Waals surface area contributed by atoms with E-state index in [0.717, 1.165) is 26.3 Å². The molecular formula is C13H19N3O3S. The molecule has 110 valence electrons. The Morgan fingerprint density at radius 1 is 1.45 bits per heavy atom. The first-order chi connectivity index (χ1) is 9.66. The van der Waals surface area contributed by atoms with Crippen LogP contribution in [0, 0.1) is 0 Å². The van der Waals surface area contributed by atoms with Crippen LogP contribution in [0.2, 0.25) is 0 Å². The average molecular weight is 297 g/mol. The van der Waals surface area contributed by atoms with Gasteiger partial charge in [-0.3, -0.25) is 9.69 Å². The maximum Gasteiger partial charge on any atom is 0.273 e. The number of ether oxygens (including phenoxy) is 1. The molecular weight excluding hydrogens is 278 g/mol. The Morgan fingerprint density at radius 3 is 2.95 bits per heavy atom. The molecule has 3 heterocycles. The minimum absolute atomic E-state index is 0.0795. The maximum atomic E-state index is 12.2. The van der Waals surface area contributed by atoms with Gasteiger partial charge in [0, 0.05) is 31.6 Å². The first-order valence-electron chi connectivity index (χ1n) is 6.86. The van der Waals surface area contributed by atoms with E-state index in [9.17, 15) is 9.90 Å². The van der Waals surface area contributed by atoms with Crippen molar-refractivity contribution in [3.8, 4) is 0 Å². The smallest absolute Gasteiger partial charge is 0.273 e. The van der Waals surface area contributed by atoms with E-state index in [1.807, 2.05) is 0 Å². The summed E-state index contributed by atoms with van der Waals surface area (Å²) in [6, 6.07) is 0. The van der Waals surface area contributed by atoms with E-state index in [0.29, 0.717) is 31.7 Å². The molecule has 1 aromatic heterocycles. The third kappa shape index (κ3) is 3.01. The lowest BCUT2D eigenvalue weighted by molar-refractivity contribution is -0.0257. The fourth-order valence-electron chi connectivity index (χ4n) is 2.81. The van der Waals surface area contributed by atoms with Crippen LogP contribution in [-0.4, -0.2) is 77.3 Å². The van der Waals surface area contributed by atoms with Crippen LogP contribution in [0.4, 0.5) is 0 Å².